The normalized spacial score (nSPS) is 10.7. The molecule has 2 aromatic rings. The molecule has 0 saturated carbocycles. The van der Waals surface area contributed by atoms with Crippen molar-refractivity contribution in [1.29, 1.82) is 0 Å². The van der Waals surface area contributed by atoms with E-state index >= 15 is 0 Å². The Morgan fingerprint density at radius 2 is 2.18 bits per heavy atom. The van der Waals surface area contributed by atoms with Gasteiger partial charge in [0.25, 0.3) is 0 Å². The number of thiophene rings is 1. The molecule has 2 aromatic heterocycles. The molecular weight excluding hydrogens is 411 g/mol. The summed E-state index contributed by atoms with van der Waals surface area (Å²) in [6.45, 7) is 4.16. The number of pyridine rings is 1. The molecule has 0 aliphatic heterocycles. The number of hydrogen-bond acceptors (Lipinski definition) is 4. The third-order valence-electron chi connectivity index (χ3n) is 2.81. The van der Waals surface area contributed by atoms with E-state index in [1.165, 1.54) is 4.88 Å². The van der Waals surface area contributed by atoms with Gasteiger partial charge in [0.15, 0.2) is 5.96 Å². The maximum atomic E-state index is 5.24. The SMILES string of the molecule is CCNC(=NCc1cccnc1OC)NCc1cccs1.I. The fraction of sp³-hybridized carbons (Fsp3) is 0.333. The summed E-state index contributed by atoms with van der Waals surface area (Å²) < 4.78 is 5.24. The third kappa shape index (κ3) is 5.80. The number of aliphatic imine (C=N–C) groups is 1. The van der Waals surface area contributed by atoms with Crippen molar-refractivity contribution in [2.24, 2.45) is 4.99 Å². The van der Waals surface area contributed by atoms with Crippen molar-refractivity contribution in [3.05, 3.63) is 46.3 Å². The van der Waals surface area contributed by atoms with Crippen LogP contribution in [0.5, 0.6) is 5.88 Å². The number of rotatable bonds is 6. The van der Waals surface area contributed by atoms with Gasteiger partial charge in [0, 0.05) is 23.2 Å². The summed E-state index contributed by atoms with van der Waals surface area (Å²) in [4.78, 5) is 10.0. The van der Waals surface area contributed by atoms with Crippen LogP contribution < -0.4 is 15.4 Å². The minimum absolute atomic E-state index is 0. The maximum absolute atomic E-state index is 5.24. The Hall–Kier alpha value is -1.35. The van der Waals surface area contributed by atoms with E-state index in [0.717, 1.165) is 24.6 Å². The van der Waals surface area contributed by atoms with Gasteiger partial charge in [-0.25, -0.2) is 9.98 Å². The predicted octanol–water partition coefficient (Wildman–Crippen LogP) is 3.03. The van der Waals surface area contributed by atoms with Crippen LogP contribution in [0.1, 0.15) is 17.4 Å². The summed E-state index contributed by atoms with van der Waals surface area (Å²) >= 11 is 1.73. The van der Waals surface area contributed by atoms with Crippen molar-refractivity contribution >= 4 is 41.3 Å². The summed E-state index contributed by atoms with van der Waals surface area (Å²) in [5.41, 5.74) is 0.966. The number of aromatic nitrogens is 1. The standard InChI is InChI=1S/C15H20N4OS.HI/c1-3-16-15(19-11-13-7-5-9-21-13)18-10-12-6-4-8-17-14(12)20-2;/h4-9H,3,10-11H2,1-2H3,(H2,16,18,19);1H. The van der Waals surface area contributed by atoms with E-state index in [9.17, 15) is 0 Å². The predicted molar refractivity (Wildman–Crippen MR) is 102 cm³/mol. The highest BCUT2D eigenvalue weighted by molar-refractivity contribution is 14.0. The molecule has 0 amide bonds. The van der Waals surface area contributed by atoms with Crippen LogP contribution in [0, 0.1) is 0 Å². The molecule has 0 atom stereocenters. The Morgan fingerprint density at radius 1 is 1.32 bits per heavy atom. The van der Waals surface area contributed by atoms with E-state index in [2.05, 4.69) is 32.1 Å². The molecule has 0 aliphatic rings. The van der Waals surface area contributed by atoms with Crippen LogP contribution in [-0.2, 0) is 13.1 Å². The number of guanidine groups is 1. The van der Waals surface area contributed by atoms with Crippen LogP contribution in [0.25, 0.3) is 0 Å². The first-order valence-electron chi connectivity index (χ1n) is 6.86. The minimum atomic E-state index is 0. The molecule has 22 heavy (non-hydrogen) atoms. The Bertz CT molecular complexity index is 575. The summed E-state index contributed by atoms with van der Waals surface area (Å²) in [6, 6.07) is 8.01. The number of halogens is 1. The van der Waals surface area contributed by atoms with Crippen molar-refractivity contribution in [2.45, 2.75) is 20.0 Å². The smallest absolute Gasteiger partial charge is 0.218 e. The van der Waals surface area contributed by atoms with Gasteiger partial charge < -0.3 is 15.4 Å². The monoisotopic (exact) mass is 432 g/mol. The second-order valence-electron chi connectivity index (χ2n) is 4.30. The lowest BCUT2D eigenvalue weighted by Gasteiger charge is -2.11. The molecule has 2 rings (SSSR count). The first-order chi connectivity index (χ1) is 10.3. The van der Waals surface area contributed by atoms with Crippen molar-refractivity contribution < 1.29 is 4.74 Å². The van der Waals surface area contributed by atoms with E-state index in [1.54, 1.807) is 24.6 Å². The summed E-state index contributed by atoms with van der Waals surface area (Å²) in [7, 11) is 1.62. The molecule has 0 spiro atoms. The number of nitrogens with zero attached hydrogens (tertiary/aromatic N) is 2. The summed E-state index contributed by atoms with van der Waals surface area (Å²) in [6.07, 6.45) is 1.71. The zero-order valence-corrected chi connectivity index (χ0v) is 15.9. The molecule has 0 aliphatic carbocycles. The third-order valence-corrected chi connectivity index (χ3v) is 3.68. The first kappa shape index (κ1) is 18.7. The van der Waals surface area contributed by atoms with Gasteiger partial charge in [-0.15, -0.1) is 35.3 Å². The molecule has 0 bridgehead atoms. The van der Waals surface area contributed by atoms with Crippen LogP contribution >= 0.6 is 35.3 Å². The van der Waals surface area contributed by atoms with E-state index < -0.39 is 0 Å². The Labute approximate surface area is 152 Å². The highest BCUT2D eigenvalue weighted by Gasteiger charge is 2.03. The van der Waals surface area contributed by atoms with Crippen LogP contribution in [0.4, 0.5) is 0 Å². The maximum Gasteiger partial charge on any atom is 0.218 e. The second-order valence-corrected chi connectivity index (χ2v) is 5.33. The molecular formula is C15H21IN4OS. The summed E-state index contributed by atoms with van der Waals surface area (Å²) in [5, 5.41) is 8.62. The van der Waals surface area contributed by atoms with Crippen LogP contribution in [-0.4, -0.2) is 24.6 Å². The van der Waals surface area contributed by atoms with Gasteiger partial charge in [0.05, 0.1) is 20.2 Å². The minimum Gasteiger partial charge on any atom is -0.481 e. The molecule has 5 nitrogen and oxygen atoms in total. The molecule has 0 radical (unpaired) electrons. The van der Waals surface area contributed by atoms with Gasteiger partial charge in [-0.05, 0) is 24.4 Å². The van der Waals surface area contributed by atoms with Gasteiger partial charge in [-0.1, -0.05) is 12.1 Å². The molecule has 0 saturated heterocycles. The molecule has 0 aromatic carbocycles. The quantitative estimate of drug-likeness (QED) is 0.419. The number of methoxy groups -OCH3 is 1. The number of hydrogen-bond donors (Lipinski definition) is 2. The average molecular weight is 432 g/mol. The first-order valence-corrected chi connectivity index (χ1v) is 7.74. The van der Waals surface area contributed by atoms with Gasteiger partial charge >= 0.3 is 0 Å². The topological polar surface area (TPSA) is 58.5 Å². The van der Waals surface area contributed by atoms with Crippen LogP contribution in [0.15, 0.2) is 40.8 Å². The number of nitrogens with one attached hydrogen (secondary N) is 2. The lowest BCUT2D eigenvalue weighted by atomic mass is 10.3. The molecule has 0 fully saturated rings. The lowest BCUT2D eigenvalue weighted by molar-refractivity contribution is 0.392. The van der Waals surface area contributed by atoms with Crippen molar-refractivity contribution in [1.82, 2.24) is 15.6 Å². The van der Waals surface area contributed by atoms with Crippen LogP contribution in [0.3, 0.4) is 0 Å². The Kier molecular flexibility index (Phi) is 8.83. The molecule has 7 heteroatoms. The van der Waals surface area contributed by atoms with Gasteiger partial charge in [-0.3, -0.25) is 0 Å². The fourth-order valence-corrected chi connectivity index (χ4v) is 2.46. The molecule has 2 heterocycles. The number of ether oxygens (including phenoxy) is 1. The highest BCUT2D eigenvalue weighted by Crippen LogP contribution is 2.14. The zero-order valence-electron chi connectivity index (χ0n) is 12.7. The fourth-order valence-electron chi connectivity index (χ4n) is 1.82. The van der Waals surface area contributed by atoms with Crippen molar-refractivity contribution in [2.75, 3.05) is 13.7 Å². The second kappa shape index (κ2) is 10.4. The van der Waals surface area contributed by atoms with E-state index in [4.69, 9.17) is 4.74 Å². The molecule has 2 N–H and O–H groups in total. The van der Waals surface area contributed by atoms with Gasteiger partial charge in [-0.2, -0.15) is 0 Å². The van der Waals surface area contributed by atoms with E-state index in [1.807, 2.05) is 25.1 Å². The Balaban J connectivity index is 0.00000242. The highest BCUT2D eigenvalue weighted by atomic mass is 127. The van der Waals surface area contributed by atoms with E-state index in [-0.39, 0.29) is 24.0 Å². The average Bonchev–Trinajstić information content (AvgIpc) is 3.03. The summed E-state index contributed by atoms with van der Waals surface area (Å²) in [5.74, 6) is 1.41. The lowest BCUT2D eigenvalue weighted by Crippen LogP contribution is -2.36. The molecule has 0 unspecified atom stereocenters. The van der Waals surface area contributed by atoms with Crippen molar-refractivity contribution in [3.8, 4) is 5.88 Å². The zero-order chi connectivity index (χ0) is 14.9. The van der Waals surface area contributed by atoms with Gasteiger partial charge in [0.1, 0.15) is 0 Å². The Morgan fingerprint density at radius 3 is 2.86 bits per heavy atom. The van der Waals surface area contributed by atoms with Crippen molar-refractivity contribution in [3.63, 3.8) is 0 Å². The largest absolute Gasteiger partial charge is 0.481 e. The van der Waals surface area contributed by atoms with E-state index in [0.29, 0.717) is 12.4 Å². The van der Waals surface area contributed by atoms with Gasteiger partial charge in [0.2, 0.25) is 5.88 Å². The molecule has 120 valence electrons. The van der Waals surface area contributed by atoms with Crippen LogP contribution in [0.2, 0.25) is 0 Å².